The Morgan fingerprint density at radius 2 is 1.04 bits per heavy atom. The molecule has 0 aliphatic rings. The summed E-state index contributed by atoms with van der Waals surface area (Å²) in [6, 6.07) is 0. The van der Waals surface area contributed by atoms with Crippen molar-refractivity contribution in [2.45, 2.75) is 41.0 Å². The molecule has 0 aromatic rings. The summed E-state index contributed by atoms with van der Waals surface area (Å²) in [6.45, 7) is 7.82. The Bertz CT molecular complexity index is 266. The third kappa shape index (κ3) is 2620. The van der Waals surface area contributed by atoms with Gasteiger partial charge in [0.25, 0.3) is 23.9 Å². The number of aliphatic carboxylic acids is 4. The van der Waals surface area contributed by atoms with Gasteiger partial charge >= 0.3 is 0 Å². The molecule has 0 rings (SSSR count). The lowest BCUT2D eigenvalue weighted by molar-refractivity contribution is -0.135. The highest BCUT2D eigenvalue weighted by Crippen LogP contribution is 1.67. The lowest BCUT2D eigenvalue weighted by Gasteiger charge is -1.81. The van der Waals surface area contributed by atoms with Crippen LogP contribution in [0.4, 0.5) is 0 Å². The molecule has 0 bridgehead atoms. The molecule has 0 radical (unpaired) electrons. The lowest BCUT2D eigenvalue weighted by Crippen LogP contribution is -2.01. The number of carboxylic acid groups (broad SMARTS) is 4. The third-order valence-corrected chi connectivity index (χ3v) is 0.570. The van der Waals surface area contributed by atoms with Crippen molar-refractivity contribution in [3.63, 3.8) is 0 Å². The van der Waals surface area contributed by atoms with E-state index in [1.807, 2.05) is 6.21 Å². The number of carboxylic acids is 4. The van der Waals surface area contributed by atoms with Crippen LogP contribution >= 0.6 is 0 Å². The highest BCUT2D eigenvalue weighted by molar-refractivity contribution is 5.63. The van der Waals surface area contributed by atoms with E-state index >= 15 is 0 Å². The Kier molecular flexibility index (Phi) is 44.8. The minimum atomic E-state index is -0.833. The van der Waals surface area contributed by atoms with Gasteiger partial charge in [-0.1, -0.05) is 6.92 Å². The fourth-order valence-corrected chi connectivity index (χ4v) is 0.295. The Hall–Kier alpha value is -2.49. The maximum atomic E-state index is 9.00. The molecule has 0 aliphatic heterocycles. The van der Waals surface area contributed by atoms with E-state index in [1.54, 1.807) is 0 Å². The van der Waals surface area contributed by atoms with Crippen LogP contribution in [0.2, 0.25) is 0 Å². The number of nitrogens with zero attached hydrogens (tertiary/aromatic N) is 1. The number of carbonyl (C=O) groups is 4. The van der Waals surface area contributed by atoms with Crippen LogP contribution in [-0.2, 0) is 19.2 Å². The second-order valence-electron chi connectivity index (χ2n) is 3.36. The zero-order chi connectivity index (χ0) is 19.8. The van der Waals surface area contributed by atoms with Crippen LogP contribution in [0.5, 0.6) is 0 Å². The predicted molar refractivity (Wildman–Crippen MR) is 85.9 cm³/mol. The Balaban J connectivity index is -0.0000000604. The zero-order valence-electron chi connectivity index (χ0n) is 14.1. The van der Waals surface area contributed by atoms with E-state index < -0.39 is 23.9 Å². The summed E-state index contributed by atoms with van der Waals surface area (Å²) in [5.74, 6) is -3.33. The average Bonchev–Trinajstić information content (AvgIpc) is 2.26. The van der Waals surface area contributed by atoms with E-state index in [9.17, 15) is 0 Å². The fourth-order valence-electron chi connectivity index (χ4n) is 0.295. The molecule has 0 atom stereocenters. The van der Waals surface area contributed by atoms with Crippen molar-refractivity contribution in [1.29, 1.82) is 0 Å². The molecule has 0 saturated heterocycles. The Labute approximate surface area is 135 Å². The zero-order valence-corrected chi connectivity index (χ0v) is 14.1. The lowest BCUT2D eigenvalue weighted by atomic mass is 10.5. The van der Waals surface area contributed by atoms with Crippen molar-refractivity contribution >= 4 is 30.1 Å². The first kappa shape index (κ1) is 32.5. The second-order valence-corrected chi connectivity index (χ2v) is 3.36. The summed E-state index contributed by atoms with van der Waals surface area (Å²) >= 11 is 0. The van der Waals surface area contributed by atoms with E-state index in [0.29, 0.717) is 6.54 Å². The van der Waals surface area contributed by atoms with Gasteiger partial charge in [0.05, 0.1) is 6.54 Å². The minimum absolute atomic E-state index is 0.663. The molecule has 0 saturated carbocycles. The van der Waals surface area contributed by atoms with Crippen LogP contribution in [0.25, 0.3) is 0 Å². The third-order valence-electron chi connectivity index (χ3n) is 0.570. The molecule has 0 spiro atoms. The van der Waals surface area contributed by atoms with Crippen LogP contribution < -0.4 is 5.73 Å². The van der Waals surface area contributed by atoms with E-state index in [-0.39, 0.29) is 0 Å². The highest BCUT2D eigenvalue weighted by Gasteiger charge is 1.68. The molecule has 0 heterocycles. The summed E-state index contributed by atoms with van der Waals surface area (Å²) in [5, 5.41) is 29.7. The first-order valence-electron chi connectivity index (χ1n) is 6.31. The second kappa shape index (κ2) is 31.7. The van der Waals surface area contributed by atoms with Crippen LogP contribution in [0, 0.1) is 0 Å². The van der Waals surface area contributed by atoms with Crippen LogP contribution in [0.15, 0.2) is 4.99 Å². The fraction of sp³-hybridized carbons (Fsp3) is 0.615. The average molecular weight is 340 g/mol. The summed E-state index contributed by atoms with van der Waals surface area (Å²) in [5.41, 5.74) is 5.16. The van der Waals surface area contributed by atoms with Crippen molar-refractivity contribution < 1.29 is 39.6 Å². The molecule has 23 heavy (non-hydrogen) atoms. The van der Waals surface area contributed by atoms with Gasteiger partial charge in [-0.3, -0.25) is 24.2 Å². The molecule has 0 aromatic heterocycles. The highest BCUT2D eigenvalue weighted by atomic mass is 16.4. The molecule has 10 nitrogen and oxygen atoms in total. The smallest absolute Gasteiger partial charge is 0.300 e. The molecule has 0 aliphatic carbocycles. The maximum absolute atomic E-state index is 9.00. The first-order valence-corrected chi connectivity index (χ1v) is 6.31. The number of hydrogen-bond donors (Lipinski definition) is 5. The molecule has 0 aromatic carbocycles. The molecular weight excluding hydrogens is 312 g/mol. The topological polar surface area (TPSA) is 188 Å². The van der Waals surface area contributed by atoms with Gasteiger partial charge in [-0.25, -0.2) is 0 Å². The van der Waals surface area contributed by atoms with Gasteiger partial charge in [0.1, 0.15) is 0 Å². The number of hydrogen-bond acceptors (Lipinski definition) is 6. The Morgan fingerprint density at radius 1 is 0.826 bits per heavy atom. The van der Waals surface area contributed by atoms with Gasteiger partial charge in [-0.15, -0.1) is 0 Å². The van der Waals surface area contributed by atoms with Gasteiger partial charge in [0.2, 0.25) is 0 Å². The van der Waals surface area contributed by atoms with Crippen molar-refractivity contribution in [2.24, 2.45) is 10.7 Å². The standard InChI is InChI=1S/C5H12N2.4C2H4O2/c1-2-4-7-5-3-6;4*1-2(3)4/h4H,2-3,5-6H2,1H3;4*1H3,(H,3,4). The largest absolute Gasteiger partial charge is 0.481 e. The van der Waals surface area contributed by atoms with E-state index in [0.717, 1.165) is 40.7 Å². The number of aliphatic imine (C=N–C) groups is 1. The van der Waals surface area contributed by atoms with E-state index in [2.05, 4.69) is 11.9 Å². The van der Waals surface area contributed by atoms with Crippen molar-refractivity contribution in [3.8, 4) is 0 Å². The Morgan fingerprint density at radius 3 is 1.17 bits per heavy atom. The van der Waals surface area contributed by atoms with Crippen molar-refractivity contribution in [3.05, 3.63) is 0 Å². The molecule has 0 unspecified atom stereocenters. The van der Waals surface area contributed by atoms with E-state index in [1.165, 1.54) is 0 Å². The SMILES string of the molecule is CC(=O)O.CC(=O)O.CC(=O)O.CC(=O)O.CCC=NCCN. The molecule has 0 amide bonds. The quantitative estimate of drug-likeness (QED) is 0.462. The number of rotatable bonds is 3. The van der Waals surface area contributed by atoms with Gasteiger partial charge < -0.3 is 26.2 Å². The van der Waals surface area contributed by atoms with Gasteiger partial charge in [-0.05, 0) is 12.6 Å². The van der Waals surface area contributed by atoms with Crippen LogP contribution in [0.1, 0.15) is 41.0 Å². The van der Waals surface area contributed by atoms with E-state index in [4.69, 9.17) is 45.3 Å². The normalized spacial score (nSPS) is 7.57. The molecule has 0 fully saturated rings. The monoisotopic (exact) mass is 340 g/mol. The molecule has 6 N–H and O–H groups in total. The van der Waals surface area contributed by atoms with Crippen LogP contribution in [-0.4, -0.2) is 63.6 Å². The molecule has 10 heteroatoms. The van der Waals surface area contributed by atoms with Gasteiger partial charge in [-0.2, -0.15) is 0 Å². The minimum Gasteiger partial charge on any atom is -0.481 e. The maximum Gasteiger partial charge on any atom is 0.300 e. The van der Waals surface area contributed by atoms with Crippen molar-refractivity contribution in [2.75, 3.05) is 13.1 Å². The van der Waals surface area contributed by atoms with Crippen molar-refractivity contribution in [1.82, 2.24) is 0 Å². The summed E-state index contributed by atoms with van der Waals surface area (Å²) in [4.78, 5) is 40.0. The molecule has 138 valence electrons. The van der Waals surface area contributed by atoms with Crippen LogP contribution in [0.3, 0.4) is 0 Å². The summed E-state index contributed by atoms with van der Waals surface area (Å²) in [7, 11) is 0. The predicted octanol–water partition coefficient (Wildman–Crippen LogP) is 0.790. The first-order chi connectivity index (χ1) is 10.3. The summed E-state index contributed by atoms with van der Waals surface area (Å²) < 4.78 is 0. The van der Waals surface area contributed by atoms with Gasteiger partial charge in [0, 0.05) is 34.2 Å². The number of nitrogens with two attached hydrogens (primary N) is 1. The summed E-state index contributed by atoms with van der Waals surface area (Å²) in [6.07, 6.45) is 2.90. The molecular formula is C13H28N2O8. The van der Waals surface area contributed by atoms with Gasteiger partial charge in [0.15, 0.2) is 0 Å².